The normalized spacial score (nSPS) is 12.7. The summed E-state index contributed by atoms with van der Waals surface area (Å²) in [6.45, 7) is 0.730. The van der Waals surface area contributed by atoms with Crippen molar-refractivity contribution < 1.29 is 9.53 Å². The minimum atomic E-state index is -0.0423. The van der Waals surface area contributed by atoms with Crippen LogP contribution in [-0.4, -0.2) is 17.5 Å². The van der Waals surface area contributed by atoms with Crippen molar-refractivity contribution >= 4 is 22.5 Å². The molecule has 2 heterocycles. The summed E-state index contributed by atoms with van der Waals surface area (Å²) >= 11 is 0. The van der Waals surface area contributed by atoms with E-state index >= 15 is 0 Å². The highest BCUT2D eigenvalue weighted by atomic mass is 16.5. The highest BCUT2D eigenvalue weighted by molar-refractivity contribution is 6.01. The van der Waals surface area contributed by atoms with E-state index in [1.54, 1.807) is 6.20 Å². The van der Waals surface area contributed by atoms with Crippen molar-refractivity contribution in [3.05, 3.63) is 65.9 Å². The van der Waals surface area contributed by atoms with Gasteiger partial charge in [-0.25, -0.2) is 0 Å². The predicted molar refractivity (Wildman–Crippen MR) is 89.7 cm³/mol. The molecular formula is C19H16N2O2. The molecule has 4 rings (SSSR count). The molecule has 0 bridgehead atoms. The van der Waals surface area contributed by atoms with E-state index in [9.17, 15) is 4.79 Å². The quantitative estimate of drug-likeness (QED) is 0.807. The number of aromatic nitrogens is 1. The number of carbonyl (C=O) groups excluding carboxylic acids is 1. The van der Waals surface area contributed by atoms with Gasteiger partial charge in [-0.3, -0.25) is 9.78 Å². The van der Waals surface area contributed by atoms with Gasteiger partial charge in [0, 0.05) is 18.0 Å². The van der Waals surface area contributed by atoms with E-state index in [1.807, 2.05) is 48.5 Å². The van der Waals surface area contributed by atoms with Gasteiger partial charge in [0.15, 0.2) is 0 Å². The topological polar surface area (TPSA) is 51.2 Å². The van der Waals surface area contributed by atoms with Crippen LogP contribution in [0.5, 0.6) is 5.75 Å². The monoisotopic (exact) mass is 304 g/mol. The SMILES string of the molecule is O=C(Cc1ccc2c(c1)OCC2)Nc1cccc2ncccc12. The fraction of sp³-hybridized carbons (Fsp3) is 0.158. The Morgan fingerprint density at radius 2 is 2.13 bits per heavy atom. The number of nitrogens with one attached hydrogen (secondary N) is 1. The fourth-order valence-corrected chi connectivity index (χ4v) is 2.91. The lowest BCUT2D eigenvalue weighted by atomic mass is 10.1. The summed E-state index contributed by atoms with van der Waals surface area (Å²) in [5.74, 6) is 0.865. The third kappa shape index (κ3) is 2.75. The van der Waals surface area contributed by atoms with E-state index in [4.69, 9.17) is 4.74 Å². The Kier molecular flexibility index (Phi) is 3.42. The number of anilines is 1. The zero-order valence-electron chi connectivity index (χ0n) is 12.6. The van der Waals surface area contributed by atoms with Crippen LogP contribution in [0.15, 0.2) is 54.7 Å². The molecule has 0 unspecified atom stereocenters. The summed E-state index contributed by atoms with van der Waals surface area (Å²) < 4.78 is 5.56. The standard InChI is InChI=1S/C19H16N2O2/c22-19(12-13-6-7-14-8-10-23-18(14)11-13)21-17-5-1-4-16-15(17)3-2-9-20-16/h1-7,9,11H,8,10,12H2,(H,21,22). The molecule has 1 aliphatic heterocycles. The summed E-state index contributed by atoms with van der Waals surface area (Å²) in [4.78, 5) is 16.7. The molecule has 0 radical (unpaired) electrons. The van der Waals surface area contributed by atoms with Crippen LogP contribution in [0.25, 0.3) is 10.9 Å². The van der Waals surface area contributed by atoms with E-state index in [1.165, 1.54) is 5.56 Å². The number of benzene rings is 2. The van der Waals surface area contributed by atoms with Crippen LogP contribution in [0, 0.1) is 0 Å². The maximum Gasteiger partial charge on any atom is 0.228 e. The van der Waals surface area contributed by atoms with E-state index in [0.717, 1.165) is 40.9 Å². The van der Waals surface area contributed by atoms with Gasteiger partial charge in [0.25, 0.3) is 0 Å². The van der Waals surface area contributed by atoms with Crippen molar-refractivity contribution in [2.45, 2.75) is 12.8 Å². The number of hydrogen-bond acceptors (Lipinski definition) is 3. The Morgan fingerprint density at radius 3 is 3.09 bits per heavy atom. The Hall–Kier alpha value is -2.88. The Labute approximate surface area is 134 Å². The third-order valence-corrected chi connectivity index (χ3v) is 4.04. The van der Waals surface area contributed by atoms with E-state index in [-0.39, 0.29) is 5.91 Å². The molecule has 0 saturated carbocycles. The summed E-state index contributed by atoms with van der Waals surface area (Å²) in [6, 6.07) is 15.6. The molecule has 3 aromatic rings. The van der Waals surface area contributed by atoms with Gasteiger partial charge >= 0.3 is 0 Å². The highest BCUT2D eigenvalue weighted by Crippen LogP contribution is 2.27. The van der Waals surface area contributed by atoms with Gasteiger partial charge in [-0.1, -0.05) is 18.2 Å². The van der Waals surface area contributed by atoms with E-state index in [2.05, 4.69) is 10.3 Å². The van der Waals surface area contributed by atoms with E-state index < -0.39 is 0 Å². The van der Waals surface area contributed by atoms with Gasteiger partial charge in [-0.15, -0.1) is 0 Å². The van der Waals surface area contributed by atoms with Gasteiger partial charge in [0.1, 0.15) is 5.75 Å². The lowest BCUT2D eigenvalue weighted by Crippen LogP contribution is -2.14. The van der Waals surface area contributed by atoms with Crippen molar-refractivity contribution in [1.29, 1.82) is 0 Å². The summed E-state index contributed by atoms with van der Waals surface area (Å²) in [5, 5.41) is 3.93. The van der Waals surface area contributed by atoms with Crippen molar-refractivity contribution in [3.63, 3.8) is 0 Å². The molecule has 2 aromatic carbocycles. The summed E-state index contributed by atoms with van der Waals surface area (Å²) in [6.07, 6.45) is 3.02. The number of fused-ring (bicyclic) bond motifs is 2. The van der Waals surface area contributed by atoms with E-state index in [0.29, 0.717) is 6.42 Å². The molecule has 1 amide bonds. The molecule has 0 aliphatic carbocycles. The van der Waals surface area contributed by atoms with Crippen LogP contribution < -0.4 is 10.1 Å². The number of hydrogen-bond donors (Lipinski definition) is 1. The molecule has 1 aliphatic rings. The molecule has 0 spiro atoms. The van der Waals surface area contributed by atoms with Crippen molar-refractivity contribution in [2.75, 3.05) is 11.9 Å². The molecule has 0 saturated heterocycles. The van der Waals surface area contributed by atoms with Crippen LogP contribution in [0.3, 0.4) is 0 Å². The van der Waals surface area contributed by atoms with Gasteiger partial charge in [0.05, 0.1) is 24.2 Å². The maximum atomic E-state index is 12.4. The zero-order valence-corrected chi connectivity index (χ0v) is 12.6. The van der Waals surface area contributed by atoms with Gasteiger partial charge in [-0.05, 0) is 41.5 Å². The number of nitrogens with zero attached hydrogens (tertiary/aromatic N) is 1. The lowest BCUT2D eigenvalue weighted by molar-refractivity contribution is -0.115. The Bertz CT molecular complexity index is 884. The molecule has 0 atom stereocenters. The Morgan fingerprint density at radius 1 is 1.17 bits per heavy atom. The molecule has 23 heavy (non-hydrogen) atoms. The predicted octanol–water partition coefficient (Wildman–Crippen LogP) is 3.35. The van der Waals surface area contributed by atoms with Crippen LogP contribution >= 0.6 is 0 Å². The Balaban J connectivity index is 1.53. The molecule has 1 aromatic heterocycles. The van der Waals surface area contributed by atoms with Crippen molar-refractivity contribution in [2.24, 2.45) is 0 Å². The largest absolute Gasteiger partial charge is 0.493 e. The van der Waals surface area contributed by atoms with Crippen molar-refractivity contribution in [3.8, 4) is 5.75 Å². The zero-order chi connectivity index (χ0) is 15.6. The first-order valence-electron chi connectivity index (χ1n) is 7.68. The van der Waals surface area contributed by atoms with Crippen LogP contribution in [0.1, 0.15) is 11.1 Å². The lowest BCUT2D eigenvalue weighted by Gasteiger charge is -2.09. The second-order valence-corrected chi connectivity index (χ2v) is 5.64. The second kappa shape index (κ2) is 5.72. The smallest absolute Gasteiger partial charge is 0.228 e. The molecule has 4 nitrogen and oxygen atoms in total. The maximum absolute atomic E-state index is 12.4. The summed E-state index contributed by atoms with van der Waals surface area (Å²) in [5.41, 5.74) is 3.84. The number of ether oxygens (including phenoxy) is 1. The first-order chi connectivity index (χ1) is 11.3. The molecule has 1 N–H and O–H groups in total. The molecule has 4 heteroatoms. The van der Waals surface area contributed by atoms with Crippen LogP contribution in [0.2, 0.25) is 0 Å². The molecular weight excluding hydrogens is 288 g/mol. The number of rotatable bonds is 3. The number of carbonyl (C=O) groups is 1. The fourth-order valence-electron chi connectivity index (χ4n) is 2.91. The van der Waals surface area contributed by atoms with Crippen LogP contribution in [0.4, 0.5) is 5.69 Å². The van der Waals surface area contributed by atoms with Gasteiger partial charge in [-0.2, -0.15) is 0 Å². The van der Waals surface area contributed by atoms with Crippen molar-refractivity contribution in [1.82, 2.24) is 4.98 Å². The average molecular weight is 304 g/mol. The minimum Gasteiger partial charge on any atom is -0.493 e. The molecule has 114 valence electrons. The van der Waals surface area contributed by atoms with Gasteiger partial charge < -0.3 is 10.1 Å². The first-order valence-corrected chi connectivity index (χ1v) is 7.68. The number of amides is 1. The molecule has 0 fully saturated rings. The first kappa shape index (κ1) is 13.8. The average Bonchev–Trinajstić information content (AvgIpc) is 3.03. The van der Waals surface area contributed by atoms with Gasteiger partial charge in [0.2, 0.25) is 5.91 Å². The third-order valence-electron chi connectivity index (χ3n) is 4.04. The number of pyridine rings is 1. The van der Waals surface area contributed by atoms with Crippen LogP contribution in [-0.2, 0) is 17.6 Å². The second-order valence-electron chi connectivity index (χ2n) is 5.64. The summed E-state index contributed by atoms with van der Waals surface area (Å²) in [7, 11) is 0. The highest BCUT2D eigenvalue weighted by Gasteiger charge is 2.14. The minimum absolute atomic E-state index is 0.0423.